The van der Waals surface area contributed by atoms with Gasteiger partial charge in [0.1, 0.15) is 6.04 Å². The standard InChI is InChI=1S/C27H36N2O2S/c1-20-15-21(2)17-24(16-20)18-32-19-26(30)29(14-13-23-9-5-4-6-10-23)22(3)27(31)28-25-11-7-8-12-25/h4-6,9-10,15-17,22,25H,7-8,11-14,18-19H2,1-3H3,(H,28,31)/t22-/m0/s1. The molecule has 2 aromatic carbocycles. The summed E-state index contributed by atoms with van der Waals surface area (Å²) in [6, 6.07) is 16.5. The zero-order chi connectivity index (χ0) is 22.9. The number of thioether (sulfide) groups is 1. The van der Waals surface area contributed by atoms with E-state index in [4.69, 9.17) is 0 Å². The van der Waals surface area contributed by atoms with Crippen molar-refractivity contribution in [3.8, 4) is 0 Å². The van der Waals surface area contributed by atoms with E-state index in [2.05, 4.69) is 49.5 Å². The molecule has 0 bridgehead atoms. The molecule has 2 amide bonds. The molecule has 5 heteroatoms. The molecule has 1 fully saturated rings. The molecule has 1 atom stereocenters. The third kappa shape index (κ3) is 7.40. The number of amides is 2. The fourth-order valence-electron chi connectivity index (χ4n) is 4.45. The van der Waals surface area contributed by atoms with Crippen molar-refractivity contribution < 1.29 is 9.59 Å². The highest BCUT2D eigenvalue weighted by atomic mass is 32.2. The van der Waals surface area contributed by atoms with Crippen LogP contribution in [0.1, 0.15) is 54.9 Å². The van der Waals surface area contributed by atoms with E-state index in [0.29, 0.717) is 12.3 Å². The summed E-state index contributed by atoms with van der Waals surface area (Å²) in [7, 11) is 0. The van der Waals surface area contributed by atoms with Gasteiger partial charge < -0.3 is 10.2 Å². The summed E-state index contributed by atoms with van der Waals surface area (Å²) in [5, 5.41) is 3.17. The topological polar surface area (TPSA) is 49.4 Å². The molecule has 2 aromatic rings. The summed E-state index contributed by atoms with van der Waals surface area (Å²) >= 11 is 1.62. The van der Waals surface area contributed by atoms with Crippen LogP contribution in [0.15, 0.2) is 48.5 Å². The highest BCUT2D eigenvalue weighted by Gasteiger charge is 2.28. The molecule has 1 N–H and O–H groups in total. The smallest absolute Gasteiger partial charge is 0.242 e. The molecule has 0 saturated heterocycles. The fraction of sp³-hybridized carbons (Fsp3) is 0.481. The molecule has 1 aliphatic rings. The van der Waals surface area contributed by atoms with E-state index in [9.17, 15) is 9.59 Å². The molecule has 0 heterocycles. The summed E-state index contributed by atoms with van der Waals surface area (Å²) in [4.78, 5) is 27.9. The maximum absolute atomic E-state index is 13.2. The average Bonchev–Trinajstić information content (AvgIpc) is 3.27. The van der Waals surface area contributed by atoms with Crippen LogP contribution in [0.2, 0.25) is 0 Å². The normalized spacial score (nSPS) is 14.8. The number of rotatable bonds is 10. The van der Waals surface area contributed by atoms with Crippen molar-refractivity contribution in [2.24, 2.45) is 0 Å². The lowest BCUT2D eigenvalue weighted by Crippen LogP contribution is -2.51. The average molecular weight is 453 g/mol. The van der Waals surface area contributed by atoms with Gasteiger partial charge in [-0.05, 0) is 51.2 Å². The van der Waals surface area contributed by atoms with Gasteiger partial charge in [-0.3, -0.25) is 9.59 Å². The van der Waals surface area contributed by atoms with Crippen LogP contribution in [-0.4, -0.2) is 41.1 Å². The number of hydrogen-bond donors (Lipinski definition) is 1. The Morgan fingerprint density at radius 3 is 2.34 bits per heavy atom. The number of hydrogen-bond acceptors (Lipinski definition) is 3. The Bertz CT molecular complexity index is 874. The van der Waals surface area contributed by atoms with Gasteiger partial charge in [0.15, 0.2) is 0 Å². The second kappa shape index (κ2) is 12.1. The zero-order valence-electron chi connectivity index (χ0n) is 19.6. The van der Waals surface area contributed by atoms with E-state index in [1.165, 1.54) is 35.1 Å². The minimum Gasteiger partial charge on any atom is -0.352 e. The largest absolute Gasteiger partial charge is 0.352 e. The Kier molecular flexibility index (Phi) is 9.22. The maximum atomic E-state index is 13.2. The molecule has 1 aliphatic carbocycles. The van der Waals surface area contributed by atoms with Gasteiger partial charge in [0, 0.05) is 18.3 Å². The number of carbonyl (C=O) groups is 2. The highest BCUT2D eigenvalue weighted by Crippen LogP contribution is 2.19. The van der Waals surface area contributed by atoms with Crippen LogP contribution in [0.4, 0.5) is 0 Å². The van der Waals surface area contributed by atoms with Crippen molar-refractivity contribution in [3.63, 3.8) is 0 Å². The minimum absolute atomic E-state index is 0.0300. The van der Waals surface area contributed by atoms with Crippen molar-refractivity contribution in [1.29, 1.82) is 0 Å². The monoisotopic (exact) mass is 452 g/mol. The number of nitrogens with one attached hydrogen (secondary N) is 1. The lowest BCUT2D eigenvalue weighted by molar-refractivity contribution is -0.138. The van der Waals surface area contributed by atoms with Crippen molar-refractivity contribution >= 4 is 23.6 Å². The molecule has 32 heavy (non-hydrogen) atoms. The van der Waals surface area contributed by atoms with E-state index in [0.717, 1.165) is 25.0 Å². The summed E-state index contributed by atoms with van der Waals surface area (Å²) in [5.74, 6) is 1.17. The number of nitrogens with zero attached hydrogens (tertiary/aromatic N) is 1. The number of benzene rings is 2. The van der Waals surface area contributed by atoms with Gasteiger partial charge in [-0.15, -0.1) is 11.8 Å². The van der Waals surface area contributed by atoms with E-state index < -0.39 is 6.04 Å². The van der Waals surface area contributed by atoms with Gasteiger partial charge in [0.05, 0.1) is 5.75 Å². The van der Waals surface area contributed by atoms with Gasteiger partial charge in [-0.2, -0.15) is 0 Å². The van der Waals surface area contributed by atoms with Gasteiger partial charge in [0.25, 0.3) is 0 Å². The zero-order valence-corrected chi connectivity index (χ0v) is 20.4. The summed E-state index contributed by atoms with van der Waals surface area (Å²) < 4.78 is 0. The predicted octanol–water partition coefficient (Wildman–Crippen LogP) is 5.06. The first kappa shape index (κ1) is 24.4. The maximum Gasteiger partial charge on any atom is 0.242 e. The molecule has 0 aromatic heterocycles. The molecule has 0 unspecified atom stereocenters. The van der Waals surface area contributed by atoms with E-state index >= 15 is 0 Å². The SMILES string of the molecule is Cc1cc(C)cc(CSCC(=O)N(CCc2ccccc2)[C@@H](C)C(=O)NC2CCCC2)c1. The molecule has 0 spiro atoms. The van der Waals surface area contributed by atoms with E-state index in [-0.39, 0.29) is 17.9 Å². The van der Waals surface area contributed by atoms with Crippen LogP contribution in [0.5, 0.6) is 0 Å². The Balaban J connectivity index is 1.61. The van der Waals surface area contributed by atoms with E-state index in [1.807, 2.05) is 25.1 Å². The van der Waals surface area contributed by atoms with E-state index in [1.54, 1.807) is 16.7 Å². The third-order valence-corrected chi connectivity index (χ3v) is 7.12. The predicted molar refractivity (Wildman–Crippen MR) is 134 cm³/mol. The molecule has 172 valence electrons. The van der Waals surface area contributed by atoms with Crippen LogP contribution < -0.4 is 5.32 Å². The molecular formula is C27H36N2O2S. The van der Waals surface area contributed by atoms with Crippen molar-refractivity contribution in [2.45, 2.75) is 70.7 Å². The molecule has 0 aliphatic heterocycles. The van der Waals surface area contributed by atoms with Crippen LogP contribution in [-0.2, 0) is 21.8 Å². The Hall–Kier alpha value is -2.27. The minimum atomic E-state index is -0.464. The van der Waals surface area contributed by atoms with Crippen LogP contribution in [0.3, 0.4) is 0 Å². The second-order valence-corrected chi connectivity index (χ2v) is 9.96. The van der Waals surface area contributed by atoms with Crippen LogP contribution >= 0.6 is 11.8 Å². The van der Waals surface area contributed by atoms with Gasteiger partial charge >= 0.3 is 0 Å². The molecule has 0 radical (unpaired) electrons. The number of carbonyl (C=O) groups excluding carboxylic acids is 2. The van der Waals surface area contributed by atoms with Crippen molar-refractivity contribution in [3.05, 3.63) is 70.8 Å². The fourth-order valence-corrected chi connectivity index (χ4v) is 5.30. The van der Waals surface area contributed by atoms with Crippen molar-refractivity contribution in [2.75, 3.05) is 12.3 Å². The molecule has 4 nitrogen and oxygen atoms in total. The lowest BCUT2D eigenvalue weighted by atomic mass is 10.1. The quantitative estimate of drug-likeness (QED) is 0.548. The molecule has 1 saturated carbocycles. The summed E-state index contributed by atoms with van der Waals surface area (Å²) in [6.07, 6.45) is 5.18. The Labute approximate surface area is 197 Å². The van der Waals surface area contributed by atoms with Crippen LogP contribution in [0.25, 0.3) is 0 Å². The summed E-state index contributed by atoms with van der Waals surface area (Å²) in [6.45, 7) is 6.61. The lowest BCUT2D eigenvalue weighted by Gasteiger charge is -2.29. The van der Waals surface area contributed by atoms with Gasteiger partial charge in [-0.1, -0.05) is 72.5 Å². The Morgan fingerprint density at radius 1 is 1.03 bits per heavy atom. The third-order valence-electron chi connectivity index (χ3n) is 6.13. The molecular weight excluding hydrogens is 416 g/mol. The van der Waals surface area contributed by atoms with Gasteiger partial charge in [0.2, 0.25) is 11.8 Å². The highest BCUT2D eigenvalue weighted by molar-refractivity contribution is 7.99. The summed E-state index contributed by atoms with van der Waals surface area (Å²) in [5.41, 5.74) is 4.90. The number of aryl methyl sites for hydroxylation is 2. The van der Waals surface area contributed by atoms with Crippen LogP contribution in [0, 0.1) is 13.8 Å². The van der Waals surface area contributed by atoms with Crippen molar-refractivity contribution in [1.82, 2.24) is 10.2 Å². The molecule has 3 rings (SSSR count). The Morgan fingerprint density at radius 2 is 1.69 bits per heavy atom. The second-order valence-electron chi connectivity index (χ2n) is 8.98. The van der Waals surface area contributed by atoms with Gasteiger partial charge in [-0.25, -0.2) is 0 Å². The first-order chi connectivity index (χ1) is 15.4. The first-order valence-corrected chi connectivity index (χ1v) is 12.9. The first-order valence-electron chi connectivity index (χ1n) is 11.7.